The maximum atomic E-state index is 4.16. The highest BCUT2D eigenvalue weighted by Gasteiger charge is 2.14. The number of unbranched alkanes of at least 4 members (excludes halogenated alkanes) is 3. The fourth-order valence-corrected chi connectivity index (χ4v) is 3.63. The van der Waals surface area contributed by atoms with Crippen molar-refractivity contribution in [2.24, 2.45) is 0 Å². The first-order valence-corrected chi connectivity index (χ1v) is 9.74. The van der Waals surface area contributed by atoms with E-state index < -0.39 is 0 Å². The fourth-order valence-electron chi connectivity index (χ4n) is 3.63. The van der Waals surface area contributed by atoms with E-state index >= 15 is 0 Å². The third-order valence-electron chi connectivity index (χ3n) is 4.99. The van der Waals surface area contributed by atoms with Crippen molar-refractivity contribution in [2.45, 2.75) is 39.0 Å². The van der Waals surface area contributed by atoms with E-state index in [0.29, 0.717) is 0 Å². The van der Waals surface area contributed by atoms with E-state index in [-0.39, 0.29) is 0 Å². The minimum Gasteiger partial charge on any atom is -0.0984 e. The summed E-state index contributed by atoms with van der Waals surface area (Å²) in [6.45, 7) is 6.42. The quantitative estimate of drug-likeness (QED) is 0.367. The zero-order valence-corrected chi connectivity index (χ0v) is 15.7. The van der Waals surface area contributed by atoms with Crippen LogP contribution in [0.5, 0.6) is 0 Å². The molecule has 0 aliphatic carbocycles. The van der Waals surface area contributed by atoms with Crippen LogP contribution < -0.4 is 0 Å². The minimum atomic E-state index is 1.12. The van der Waals surface area contributed by atoms with Gasteiger partial charge in [0, 0.05) is 0 Å². The van der Waals surface area contributed by atoms with Crippen LogP contribution >= 0.6 is 0 Å². The van der Waals surface area contributed by atoms with Crippen molar-refractivity contribution in [2.75, 3.05) is 0 Å². The number of hydrogen-bond acceptors (Lipinski definition) is 0. The van der Waals surface area contributed by atoms with Crippen LogP contribution in [0, 0.1) is 0 Å². The molecule has 3 rings (SSSR count). The summed E-state index contributed by atoms with van der Waals surface area (Å²) in [4.78, 5) is 0. The van der Waals surface area contributed by atoms with Crippen LogP contribution in [-0.4, -0.2) is 0 Å². The molecule has 0 aliphatic heterocycles. The highest BCUT2D eigenvalue weighted by molar-refractivity contribution is 5.90. The highest BCUT2D eigenvalue weighted by Crippen LogP contribution is 2.37. The summed E-state index contributed by atoms with van der Waals surface area (Å²) >= 11 is 0. The zero-order valence-electron chi connectivity index (χ0n) is 15.7. The van der Waals surface area contributed by atoms with Gasteiger partial charge in [-0.3, -0.25) is 0 Å². The molecule has 0 aliphatic rings. The SMILES string of the molecule is C=Cc1c(CCCCCC)ccc(-c2ccccc2)c1-c1ccccc1. The number of rotatable bonds is 8. The molecule has 0 heteroatoms. The lowest BCUT2D eigenvalue weighted by molar-refractivity contribution is 0.666. The molecule has 0 nitrogen and oxygen atoms in total. The van der Waals surface area contributed by atoms with Crippen molar-refractivity contribution in [3.8, 4) is 22.3 Å². The van der Waals surface area contributed by atoms with Gasteiger partial charge in [-0.05, 0) is 46.2 Å². The Labute approximate surface area is 158 Å². The molecule has 3 aromatic carbocycles. The Balaban J connectivity index is 2.10. The molecule has 0 spiro atoms. The minimum absolute atomic E-state index is 1.12. The average molecular weight is 341 g/mol. The summed E-state index contributed by atoms with van der Waals surface area (Å²) in [5, 5.41) is 0. The van der Waals surface area contributed by atoms with E-state index in [1.807, 2.05) is 6.08 Å². The van der Waals surface area contributed by atoms with Gasteiger partial charge in [-0.25, -0.2) is 0 Å². The first kappa shape index (κ1) is 18.2. The van der Waals surface area contributed by atoms with E-state index in [9.17, 15) is 0 Å². The zero-order chi connectivity index (χ0) is 18.2. The molecule has 0 N–H and O–H groups in total. The molecule has 132 valence electrons. The van der Waals surface area contributed by atoms with Gasteiger partial charge in [-0.2, -0.15) is 0 Å². The summed E-state index contributed by atoms with van der Waals surface area (Å²) < 4.78 is 0. The van der Waals surface area contributed by atoms with Crippen LogP contribution in [0.1, 0.15) is 43.7 Å². The lowest BCUT2D eigenvalue weighted by Gasteiger charge is -2.18. The van der Waals surface area contributed by atoms with E-state index in [0.717, 1.165) is 6.42 Å². The van der Waals surface area contributed by atoms with E-state index in [4.69, 9.17) is 0 Å². The van der Waals surface area contributed by atoms with Crippen LogP contribution in [0.25, 0.3) is 28.3 Å². The van der Waals surface area contributed by atoms with Gasteiger partial charge < -0.3 is 0 Å². The monoisotopic (exact) mass is 340 g/mol. The molecule has 3 aromatic rings. The largest absolute Gasteiger partial charge is 0.0984 e. The smallest absolute Gasteiger partial charge is 0.00303 e. The Kier molecular flexibility index (Phi) is 6.44. The fraction of sp³-hybridized carbons (Fsp3) is 0.231. The van der Waals surface area contributed by atoms with Gasteiger partial charge in [0.05, 0.1) is 0 Å². The molecule has 0 radical (unpaired) electrons. The molecule has 0 unspecified atom stereocenters. The Hall–Kier alpha value is -2.60. The molecule has 0 saturated heterocycles. The molecular weight excluding hydrogens is 312 g/mol. The second-order valence-corrected chi connectivity index (χ2v) is 6.81. The van der Waals surface area contributed by atoms with Crippen LogP contribution in [0.4, 0.5) is 0 Å². The molecule has 0 aromatic heterocycles. The summed E-state index contributed by atoms with van der Waals surface area (Å²) in [5.41, 5.74) is 7.80. The standard InChI is InChI=1S/C26H28/c1-3-5-6-9-16-22-19-20-25(21-14-10-7-11-15-21)26(24(22)4-2)23-17-12-8-13-18-23/h4,7-8,10-15,17-20H,2-3,5-6,9,16H2,1H3. The van der Waals surface area contributed by atoms with Gasteiger partial charge in [-0.1, -0.05) is 112 Å². The summed E-state index contributed by atoms with van der Waals surface area (Å²) in [6.07, 6.45) is 8.30. The van der Waals surface area contributed by atoms with Gasteiger partial charge in [0.2, 0.25) is 0 Å². The van der Waals surface area contributed by atoms with Crippen molar-refractivity contribution in [1.82, 2.24) is 0 Å². The first-order chi connectivity index (χ1) is 12.8. The van der Waals surface area contributed by atoms with Crippen LogP contribution in [0.3, 0.4) is 0 Å². The third kappa shape index (κ3) is 4.14. The summed E-state index contributed by atoms with van der Waals surface area (Å²) in [6, 6.07) is 26.0. The van der Waals surface area contributed by atoms with E-state index in [2.05, 4.69) is 86.3 Å². The van der Waals surface area contributed by atoms with Crippen molar-refractivity contribution in [3.05, 3.63) is 90.5 Å². The molecule has 0 atom stereocenters. The van der Waals surface area contributed by atoms with Crippen molar-refractivity contribution in [3.63, 3.8) is 0 Å². The van der Waals surface area contributed by atoms with Crippen LogP contribution in [0.15, 0.2) is 79.4 Å². The molecule has 0 fully saturated rings. The van der Waals surface area contributed by atoms with Crippen molar-refractivity contribution in [1.29, 1.82) is 0 Å². The van der Waals surface area contributed by atoms with Gasteiger partial charge in [0.25, 0.3) is 0 Å². The molecule has 0 bridgehead atoms. The predicted molar refractivity (Wildman–Crippen MR) is 115 cm³/mol. The molecule has 0 saturated carbocycles. The van der Waals surface area contributed by atoms with Gasteiger partial charge in [-0.15, -0.1) is 0 Å². The van der Waals surface area contributed by atoms with E-state index in [1.165, 1.54) is 59.1 Å². The maximum Gasteiger partial charge on any atom is -0.00303 e. The Bertz CT molecular complexity index is 829. The average Bonchev–Trinajstić information content (AvgIpc) is 2.72. The van der Waals surface area contributed by atoms with Crippen LogP contribution in [-0.2, 0) is 6.42 Å². The Morgan fingerprint density at radius 1 is 0.731 bits per heavy atom. The first-order valence-electron chi connectivity index (χ1n) is 9.74. The second kappa shape index (κ2) is 9.20. The second-order valence-electron chi connectivity index (χ2n) is 6.81. The lowest BCUT2D eigenvalue weighted by atomic mass is 9.86. The highest BCUT2D eigenvalue weighted by atomic mass is 14.2. The molecule has 0 heterocycles. The van der Waals surface area contributed by atoms with Gasteiger partial charge >= 0.3 is 0 Å². The van der Waals surface area contributed by atoms with Crippen molar-refractivity contribution >= 4 is 6.08 Å². The molecule has 26 heavy (non-hydrogen) atoms. The number of hydrogen-bond donors (Lipinski definition) is 0. The third-order valence-corrected chi connectivity index (χ3v) is 4.99. The summed E-state index contributed by atoms with van der Waals surface area (Å²) in [5.74, 6) is 0. The van der Waals surface area contributed by atoms with Crippen molar-refractivity contribution < 1.29 is 0 Å². The maximum absolute atomic E-state index is 4.16. The molecular formula is C26H28. The topological polar surface area (TPSA) is 0 Å². The predicted octanol–water partition coefficient (Wildman–Crippen LogP) is 7.79. The Morgan fingerprint density at radius 2 is 1.38 bits per heavy atom. The van der Waals surface area contributed by atoms with Gasteiger partial charge in [0.15, 0.2) is 0 Å². The normalized spacial score (nSPS) is 10.7. The number of benzene rings is 3. The summed E-state index contributed by atoms with van der Waals surface area (Å²) in [7, 11) is 0. The van der Waals surface area contributed by atoms with Crippen LogP contribution in [0.2, 0.25) is 0 Å². The van der Waals surface area contributed by atoms with E-state index in [1.54, 1.807) is 0 Å². The lowest BCUT2D eigenvalue weighted by Crippen LogP contribution is -1.96. The van der Waals surface area contributed by atoms with Gasteiger partial charge in [0.1, 0.15) is 0 Å². The Morgan fingerprint density at radius 3 is 2.00 bits per heavy atom. The number of aryl methyl sites for hydroxylation is 1. The molecule has 0 amide bonds.